The Balaban J connectivity index is 1.55. The molecule has 1 aliphatic heterocycles. The molecule has 10 heteroatoms. The van der Waals surface area contributed by atoms with Crippen LogP contribution in [0, 0.1) is 12.8 Å². The maximum atomic E-state index is 13.6. The van der Waals surface area contributed by atoms with Gasteiger partial charge in [-0.2, -0.15) is 13.2 Å². The average Bonchev–Trinajstić information content (AvgIpc) is 3.39. The Bertz CT molecular complexity index is 1220. The van der Waals surface area contributed by atoms with Gasteiger partial charge in [-0.1, -0.05) is 31.2 Å². The molecular weight excluding hydrogens is 473 g/mol. The number of aryl methyl sites for hydroxylation is 1. The van der Waals surface area contributed by atoms with Gasteiger partial charge >= 0.3 is 12.1 Å². The fourth-order valence-corrected chi connectivity index (χ4v) is 4.36. The fourth-order valence-electron chi connectivity index (χ4n) is 4.36. The van der Waals surface area contributed by atoms with Crippen molar-refractivity contribution in [2.24, 2.45) is 5.92 Å². The van der Waals surface area contributed by atoms with E-state index in [-0.39, 0.29) is 23.6 Å². The Kier molecular flexibility index (Phi) is 7.42. The van der Waals surface area contributed by atoms with Crippen LogP contribution >= 0.6 is 0 Å². The molecule has 0 aliphatic carbocycles. The lowest BCUT2D eigenvalue weighted by atomic mass is 9.94. The number of nitrogens with zero attached hydrogens (tertiary/aromatic N) is 4. The van der Waals surface area contributed by atoms with Crippen molar-refractivity contribution >= 4 is 17.5 Å². The predicted octanol–water partition coefficient (Wildman–Crippen LogP) is 5.25. The van der Waals surface area contributed by atoms with E-state index in [0.717, 1.165) is 16.8 Å². The minimum absolute atomic E-state index is 0.0139. The third kappa shape index (κ3) is 5.58. The van der Waals surface area contributed by atoms with E-state index in [2.05, 4.69) is 10.2 Å². The predicted molar refractivity (Wildman–Crippen MR) is 127 cm³/mol. The number of piperidine rings is 1. The number of carbonyl (C=O) groups excluding carboxylic acids is 2. The first-order chi connectivity index (χ1) is 17.2. The normalized spacial score (nSPS) is 14.6. The van der Waals surface area contributed by atoms with Crippen LogP contribution in [0.1, 0.15) is 43.2 Å². The maximum Gasteiger partial charge on any atom is 0.470 e. The number of hydrogen-bond acceptors (Lipinski definition) is 5. The monoisotopic (exact) mass is 500 g/mol. The Morgan fingerprint density at radius 2 is 1.78 bits per heavy atom. The molecule has 0 atom stereocenters. The molecule has 2 amide bonds. The summed E-state index contributed by atoms with van der Waals surface area (Å²) in [5.41, 5.74) is 2.73. The van der Waals surface area contributed by atoms with Crippen molar-refractivity contribution in [1.29, 1.82) is 0 Å². The summed E-state index contributed by atoms with van der Waals surface area (Å²) in [6.07, 6.45) is -3.06. The maximum absolute atomic E-state index is 13.6. The molecule has 2 heterocycles. The zero-order valence-electron chi connectivity index (χ0n) is 20.1. The summed E-state index contributed by atoms with van der Waals surface area (Å²) in [4.78, 5) is 29.2. The molecule has 0 unspecified atom stereocenters. The van der Waals surface area contributed by atoms with Gasteiger partial charge < -0.3 is 14.2 Å². The summed E-state index contributed by atoms with van der Waals surface area (Å²) in [5, 5.41) is 6.60. The Morgan fingerprint density at radius 1 is 1.08 bits per heavy atom. The number of carbonyl (C=O) groups is 2. The van der Waals surface area contributed by atoms with Gasteiger partial charge in [0.15, 0.2) is 0 Å². The van der Waals surface area contributed by atoms with Gasteiger partial charge in [0.1, 0.15) is 0 Å². The molecular formula is C26H27F3N4O3. The van der Waals surface area contributed by atoms with Crippen molar-refractivity contribution in [3.8, 4) is 11.5 Å². The highest BCUT2D eigenvalue weighted by atomic mass is 19.4. The van der Waals surface area contributed by atoms with Crippen LogP contribution in [0.15, 0.2) is 52.9 Å². The summed E-state index contributed by atoms with van der Waals surface area (Å²) in [6, 6.07) is 14.4. The van der Waals surface area contributed by atoms with Crippen LogP contribution in [-0.2, 0) is 22.3 Å². The Morgan fingerprint density at radius 3 is 2.36 bits per heavy atom. The quantitative estimate of drug-likeness (QED) is 0.462. The molecule has 2 aromatic carbocycles. The highest BCUT2D eigenvalue weighted by Gasteiger charge is 2.38. The largest absolute Gasteiger partial charge is 0.470 e. The number of aromatic nitrogens is 2. The second-order valence-corrected chi connectivity index (χ2v) is 8.82. The lowest BCUT2D eigenvalue weighted by Gasteiger charge is -2.34. The molecule has 3 aromatic rings. The molecule has 7 nitrogen and oxygen atoms in total. The lowest BCUT2D eigenvalue weighted by Crippen LogP contribution is -2.44. The smallest absolute Gasteiger partial charge is 0.413 e. The van der Waals surface area contributed by atoms with Crippen LogP contribution in [0.4, 0.5) is 18.9 Å². The van der Waals surface area contributed by atoms with Crippen LogP contribution < -0.4 is 4.90 Å². The SMILES string of the molecule is CCC(=O)N1CCC(C(=O)N(Cc2ccc(-c3nnc(C(F)(F)F)o3)cc2C)c2ccccc2)CC1. The molecule has 1 saturated heterocycles. The number of likely N-dealkylation sites (tertiary alicyclic amines) is 1. The van der Waals surface area contributed by atoms with Gasteiger partial charge in [-0.05, 0) is 55.2 Å². The first-order valence-corrected chi connectivity index (χ1v) is 11.8. The van der Waals surface area contributed by atoms with E-state index in [1.54, 1.807) is 28.0 Å². The van der Waals surface area contributed by atoms with Gasteiger partial charge in [-0.15, -0.1) is 10.2 Å². The summed E-state index contributed by atoms with van der Waals surface area (Å²) in [7, 11) is 0. The van der Waals surface area contributed by atoms with Crippen LogP contribution in [-0.4, -0.2) is 40.0 Å². The van der Waals surface area contributed by atoms with Crippen LogP contribution in [0.3, 0.4) is 0 Å². The molecule has 1 fully saturated rings. The lowest BCUT2D eigenvalue weighted by molar-refractivity contribution is -0.157. The van der Waals surface area contributed by atoms with E-state index in [1.165, 1.54) is 0 Å². The zero-order chi connectivity index (χ0) is 25.9. The zero-order valence-corrected chi connectivity index (χ0v) is 20.1. The summed E-state index contributed by atoms with van der Waals surface area (Å²) in [6.45, 7) is 5.06. The Hall–Kier alpha value is -3.69. The molecule has 0 spiro atoms. The second-order valence-electron chi connectivity index (χ2n) is 8.82. The number of alkyl halides is 3. The van der Waals surface area contributed by atoms with E-state index in [9.17, 15) is 22.8 Å². The molecule has 0 bridgehead atoms. The molecule has 1 aromatic heterocycles. The van der Waals surface area contributed by atoms with E-state index < -0.39 is 12.1 Å². The van der Waals surface area contributed by atoms with Gasteiger partial charge in [0.05, 0.1) is 6.54 Å². The standard InChI is InChI=1S/C26H27F3N4O3/c1-3-22(34)32-13-11-18(12-14-32)24(35)33(21-7-5-4-6-8-21)16-20-10-9-19(15-17(20)2)23-30-31-25(36-23)26(27,28)29/h4-10,15,18H,3,11-14,16H2,1-2H3. The van der Waals surface area contributed by atoms with E-state index >= 15 is 0 Å². The number of rotatable bonds is 6. The van der Waals surface area contributed by atoms with Crippen LogP contribution in [0.25, 0.3) is 11.5 Å². The number of amides is 2. The highest BCUT2D eigenvalue weighted by molar-refractivity contribution is 5.95. The molecule has 0 N–H and O–H groups in total. The summed E-state index contributed by atoms with van der Waals surface area (Å²) in [5.74, 6) is -1.74. The van der Waals surface area contributed by atoms with Crippen molar-refractivity contribution in [2.75, 3.05) is 18.0 Å². The van der Waals surface area contributed by atoms with Gasteiger partial charge in [0.2, 0.25) is 17.7 Å². The minimum atomic E-state index is -4.71. The van der Waals surface area contributed by atoms with Crippen molar-refractivity contribution in [2.45, 2.75) is 45.8 Å². The molecule has 1 aliphatic rings. The topological polar surface area (TPSA) is 79.5 Å². The first kappa shape index (κ1) is 25.4. The fraction of sp³-hybridized carbons (Fsp3) is 0.385. The number of hydrogen-bond donors (Lipinski definition) is 0. The molecule has 0 radical (unpaired) electrons. The molecule has 190 valence electrons. The van der Waals surface area contributed by atoms with Gasteiger partial charge in [0.25, 0.3) is 0 Å². The van der Waals surface area contributed by atoms with E-state index in [1.807, 2.05) is 44.2 Å². The number of para-hydroxylation sites is 1. The van der Waals surface area contributed by atoms with Crippen molar-refractivity contribution < 1.29 is 27.2 Å². The highest BCUT2D eigenvalue weighted by Crippen LogP contribution is 2.31. The molecule has 0 saturated carbocycles. The van der Waals surface area contributed by atoms with Crippen LogP contribution in [0.2, 0.25) is 0 Å². The summed E-state index contributed by atoms with van der Waals surface area (Å²) >= 11 is 0. The average molecular weight is 501 g/mol. The van der Waals surface area contributed by atoms with Gasteiger partial charge in [0, 0.05) is 36.7 Å². The number of benzene rings is 2. The minimum Gasteiger partial charge on any atom is -0.413 e. The second kappa shape index (κ2) is 10.5. The number of anilines is 1. The Labute approximate surface area is 206 Å². The third-order valence-corrected chi connectivity index (χ3v) is 6.42. The first-order valence-electron chi connectivity index (χ1n) is 11.8. The molecule has 4 rings (SSSR count). The van der Waals surface area contributed by atoms with Crippen molar-refractivity contribution in [3.63, 3.8) is 0 Å². The van der Waals surface area contributed by atoms with Crippen molar-refractivity contribution in [3.05, 3.63) is 65.5 Å². The number of halogens is 3. The summed E-state index contributed by atoms with van der Waals surface area (Å²) < 4.78 is 43.3. The van der Waals surface area contributed by atoms with Crippen molar-refractivity contribution in [1.82, 2.24) is 15.1 Å². The van der Waals surface area contributed by atoms with Crippen LogP contribution in [0.5, 0.6) is 0 Å². The van der Waals surface area contributed by atoms with Gasteiger partial charge in [-0.25, -0.2) is 0 Å². The third-order valence-electron chi connectivity index (χ3n) is 6.42. The van der Waals surface area contributed by atoms with E-state index in [0.29, 0.717) is 44.5 Å². The van der Waals surface area contributed by atoms with E-state index in [4.69, 9.17) is 4.42 Å². The molecule has 36 heavy (non-hydrogen) atoms. The van der Waals surface area contributed by atoms with Gasteiger partial charge in [-0.3, -0.25) is 9.59 Å².